The zero-order valence-electron chi connectivity index (χ0n) is 26.7. The fourth-order valence-corrected chi connectivity index (χ4v) is 9.98. The van der Waals surface area contributed by atoms with Gasteiger partial charge in [-0.05, 0) is 70.8 Å². The van der Waals surface area contributed by atoms with Crippen LogP contribution in [0.2, 0.25) is 0 Å². The molecule has 0 N–H and O–H groups in total. The minimum Gasteiger partial charge on any atom is -0.309 e. The zero-order valence-corrected chi connectivity index (χ0v) is 27.5. The molecule has 11 rings (SSSR count). The second-order valence-corrected chi connectivity index (χ2v) is 14.8. The molecule has 0 fully saturated rings. The maximum absolute atomic E-state index is 2.52. The lowest BCUT2D eigenvalue weighted by Gasteiger charge is -2.22. The summed E-state index contributed by atoms with van der Waals surface area (Å²) in [5.41, 5.74) is 12.7. The lowest BCUT2D eigenvalue weighted by molar-refractivity contribution is 0.660. The highest BCUT2D eigenvalue weighted by Gasteiger charge is 2.35. The maximum Gasteiger partial charge on any atom is 0.0562 e. The van der Waals surface area contributed by atoms with Crippen LogP contribution in [0.1, 0.15) is 25.0 Å². The van der Waals surface area contributed by atoms with Gasteiger partial charge in [-0.25, -0.2) is 0 Å². The number of nitrogens with zero attached hydrogens (tertiary/aromatic N) is 2. The van der Waals surface area contributed by atoms with E-state index in [0.717, 1.165) is 0 Å². The van der Waals surface area contributed by atoms with Crippen LogP contribution in [0, 0.1) is 0 Å². The first-order valence-electron chi connectivity index (χ1n) is 16.7. The molecule has 0 bridgehead atoms. The van der Waals surface area contributed by atoms with Gasteiger partial charge in [-0.3, -0.25) is 0 Å². The van der Waals surface area contributed by atoms with Crippen molar-refractivity contribution in [2.24, 2.45) is 0 Å². The summed E-state index contributed by atoms with van der Waals surface area (Å²) < 4.78 is 7.64. The molecule has 0 radical (unpaired) electrons. The second kappa shape index (κ2) is 9.25. The monoisotopic (exact) mass is 630 g/mol. The fourth-order valence-electron chi connectivity index (χ4n) is 8.72. The molecule has 1 aliphatic rings. The lowest BCUT2D eigenvalue weighted by atomic mass is 9.82. The first-order valence-corrected chi connectivity index (χ1v) is 17.5. The van der Waals surface area contributed by atoms with E-state index in [4.69, 9.17) is 0 Å². The maximum atomic E-state index is 2.52. The number of aromatic nitrogens is 2. The van der Waals surface area contributed by atoms with Gasteiger partial charge in [0.25, 0.3) is 0 Å². The molecule has 48 heavy (non-hydrogen) atoms. The summed E-state index contributed by atoms with van der Waals surface area (Å²) in [5, 5.41) is 7.84. The van der Waals surface area contributed by atoms with Crippen LogP contribution in [0.5, 0.6) is 0 Å². The van der Waals surface area contributed by atoms with Crippen molar-refractivity contribution in [1.82, 2.24) is 9.13 Å². The summed E-state index contributed by atoms with van der Waals surface area (Å²) in [6.07, 6.45) is 0. The number of thiophene rings is 1. The van der Waals surface area contributed by atoms with Crippen LogP contribution in [0.25, 0.3) is 86.3 Å². The summed E-state index contributed by atoms with van der Waals surface area (Å²) in [7, 11) is 0. The van der Waals surface area contributed by atoms with Crippen molar-refractivity contribution < 1.29 is 0 Å². The van der Waals surface area contributed by atoms with E-state index in [9.17, 15) is 0 Å². The Kier molecular flexibility index (Phi) is 5.09. The third kappa shape index (κ3) is 3.31. The van der Waals surface area contributed by atoms with Crippen molar-refractivity contribution in [3.63, 3.8) is 0 Å². The summed E-state index contributed by atoms with van der Waals surface area (Å²) in [5.74, 6) is 0. The zero-order chi connectivity index (χ0) is 31.7. The molecule has 0 saturated heterocycles. The van der Waals surface area contributed by atoms with Gasteiger partial charge in [-0.1, -0.05) is 111 Å². The Bertz CT molecular complexity index is 2930. The van der Waals surface area contributed by atoms with Crippen LogP contribution in [0.3, 0.4) is 0 Å². The quantitative estimate of drug-likeness (QED) is 0.180. The van der Waals surface area contributed by atoms with Crippen LogP contribution in [0.4, 0.5) is 0 Å². The van der Waals surface area contributed by atoms with Gasteiger partial charge in [0.1, 0.15) is 0 Å². The Hall–Kier alpha value is -5.64. The van der Waals surface area contributed by atoms with Gasteiger partial charge in [-0.15, -0.1) is 11.3 Å². The van der Waals surface area contributed by atoms with E-state index in [2.05, 4.69) is 169 Å². The third-order valence-electron chi connectivity index (χ3n) is 10.9. The number of fused-ring (bicyclic) bond motifs is 13. The summed E-state index contributed by atoms with van der Waals surface area (Å²) in [4.78, 5) is 0. The number of benzene rings is 7. The van der Waals surface area contributed by atoms with Gasteiger partial charge >= 0.3 is 0 Å². The van der Waals surface area contributed by atoms with E-state index >= 15 is 0 Å². The second-order valence-electron chi connectivity index (χ2n) is 13.7. The summed E-state index contributed by atoms with van der Waals surface area (Å²) in [6.45, 7) is 4.74. The molecule has 0 amide bonds. The molecule has 0 atom stereocenters. The molecular formula is C45H30N2S. The van der Waals surface area contributed by atoms with Gasteiger partial charge in [-0.2, -0.15) is 0 Å². The predicted molar refractivity (Wildman–Crippen MR) is 206 cm³/mol. The van der Waals surface area contributed by atoms with Gasteiger partial charge in [0, 0.05) is 58.5 Å². The Morgan fingerprint density at radius 1 is 0.438 bits per heavy atom. The Balaban J connectivity index is 1.26. The highest BCUT2D eigenvalue weighted by molar-refractivity contribution is 7.26. The first kappa shape index (κ1) is 26.4. The molecule has 1 aliphatic carbocycles. The Morgan fingerprint density at radius 2 is 1.04 bits per heavy atom. The molecule has 7 aromatic carbocycles. The van der Waals surface area contributed by atoms with Crippen molar-refractivity contribution in [2.75, 3.05) is 0 Å². The largest absolute Gasteiger partial charge is 0.309 e. The lowest BCUT2D eigenvalue weighted by Crippen LogP contribution is -2.15. The van der Waals surface area contributed by atoms with Gasteiger partial charge in [0.15, 0.2) is 0 Å². The molecule has 226 valence electrons. The smallest absolute Gasteiger partial charge is 0.0562 e. The Labute approximate surface area is 281 Å². The van der Waals surface area contributed by atoms with Crippen LogP contribution >= 0.6 is 11.3 Å². The highest BCUT2D eigenvalue weighted by Crippen LogP contribution is 2.50. The fraction of sp³-hybridized carbons (Fsp3) is 0.0667. The molecule has 3 heteroatoms. The van der Waals surface area contributed by atoms with Gasteiger partial charge in [0.2, 0.25) is 0 Å². The van der Waals surface area contributed by atoms with E-state index in [1.807, 2.05) is 11.3 Å². The number of rotatable bonds is 2. The predicted octanol–water partition coefficient (Wildman–Crippen LogP) is 12.6. The number of hydrogen-bond acceptors (Lipinski definition) is 1. The van der Waals surface area contributed by atoms with Crippen molar-refractivity contribution in [2.45, 2.75) is 19.3 Å². The van der Waals surface area contributed by atoms with E-state index < -0.39 is 0 Å². The van der Waals surface area contributed by atoms with E-state index in [1.54, 1.807) is 0 Å². The molecule has 0 unspecified atom stereocenters. The third-order valence-corrected chi connectivity index (χ3v) is 12.1. The molecule has 3 heterocycles. The SMILES string of the molecule is CC1(C)c2ccccc2-c2ccc(-n3c4cc(-n5c6ccccc6c6ccccc65)ccc4c4c5sc6ccccc6c5ccc43)cc21. The van der Waals surface area contributed by atoms with Crippen LogP contribution < -0.4 is 0 Å². The van der Waals surface area contributed by atoms with Crippen molar-refractivity contribution in [1.29, 1.82) is 0 Å². The molecular weight excluding hydrogens is 601 g/mol. The molecule has 0 saturated carbocycles. The van der Waals surface area contributed by atoms with Crippen LogP contribution in [-0.4, -0.2) is 9.13 Å². The molecule has 0 aliphatic heterocycles. The summed E-state index contributed by atoms with van der Waals surface area (Å²) in [6, 6.07) is 54.2. The number of hydrogen-bond donors (Lipinski definition) is 0. The van der Waals surface area contributed by atoms with Gasteiger partial charge in [0.05, 0.1) is 22.1 Å². The molecule has 2 nitrogen and oxygen atoms in total. The minimum atomic E-state index is -0.0758. The van der Waals surface area contributed by atoms with Crippen molar-refractivity contribution in [3.05, 3.63) is 157 Å². The van der Waals surface area contributed by atoms with E-state index in [-0.39, 0.29) is 5.41 Å². The normalized spacial score (nSPS) is 13.8. The van der Waals surface area contributed by atoms with Crippen LogP contribution in [0.15, 0.2) is 146 Å². The van der Waals surface area contributed by atoms with Crippen molar-refractivity contribution >= 4 is 75.1 Å². The minimum absolute atomic E-state index is 0.0758. The van der Waals surface area contributed by atoms with E-state index in [0.29, 0.717) is 0 Å². The molecule has 0 spiro atoms. The highest BCUT2D eigenvalue weighted by atomic mass is 32.1. The van der Waals surface area contributed by atoms with Crippen molar-refractivity contribution in [3.8, 4) is 22.5 Å². The summed E-state index contributed by atoms with van der Waals surface area (Å²) >= 11 is 1.91. The molecule has 3 aromatic heterocycles. The first-order chi connectivity index (χ1) is 23.6. The van der Waals surface area contributed by atoms with E-state index in [1.165, 1.54) is 97.4 Å². The number of para-hydroxylation sites is 2. The molecule has 10 aromatic rings. The topological polar surface area (TPSA) is 9.86 Å². The average Bonchev–Trinajstić information content (AvgIpc) is 3.83. The average molecular weight is 631 g/mol. The van der Waals surface area contributed by atoms with Gasteiger partial charge < -0.3 is 9.13 Å². The Morgan fingerprint density at radius 3 is 1.85 bits per heavy atom. The van der Waals surface area contributed by atoms with Crippen LogP contribution in [-0.2, 0) is 5.41 Å². The standard InChI is InChI=1S/C45H30N2S/c1-45(2)36-15-7-3-11-29(36)30-21-19-27(25-37(30)45)47-40-24-23-34-33-14-6-10-18-42(33)48-44(34)43(40)35-22-20-28(26-41(35)47)46-38-16-8-4-12-31(38)32-13-5-9-17-39(32)46/h3-26H,1-2H3.